The first-order valence-electron chi connectivity index (χ1n) is 6.26. The zero-order valence-electron chi connectivity index (χ0n) is 11.2. The van der Waals surface area contributed by atoms with Crippen LogP contribution in [-0.4, -0.2) is 19.2 Å². The molecule has 3 N–H and O–H groups in total. The summed E-state index contributed by atoms with van der Waals surface area (Å²) < 4.78 is 18.9. The van der Waals surface area contributed by atoms with E-state index >= 15 is 0 Å². The average Bonchev–Trinajstić information content (AvgIpc) is 3.11. The number of hydrogen-bond acceptors (Lipinski definition) is 3. The summed E-state index contributed by atoms with van der Waals surface area (Å²) in [4.78, 5) is 0. The van der Waals surface area contributed by atoms with Crippen molar-refractivity contribution in [1.82, 2.24) is 0 Å². The molecule has 0 aliphatic heterocycles. The van der Waals surface area contributed by atoms with Crippen LogP contribution < -0.4 is 15.8 Å². The Balaban J connectivity index is 2.27. The lowest BCUT2D eigenvalue weighted by molar-refractivity contribution is 0.331. The minimum atomic E-state index is -0.291. The maximum atomic E-state index is 13.8. The fourth-order valence-corrected chi connectivity index (χ4v) is 2.21. The molecule has 4 heteroatoms. The van der Waals surface area contributed by atoms with Gasteiger partial charge in [-0.15, -0.1) is 0 Å². The summed E-state index contributed by atoms with van der Waals surface area (Å²) >= 11 is 0. The molecule has 1 aromatic carbocycles. The van der Waals surface area contributed by atoms with Gasteiger partial charge in [0.15, 0.2) is 0 Å². The molecule has 1 aliphatic rings. The second kappa shape index (κ2) is 4.43. The maximum Gasteiger partial charge on any atom is 0.146 e. The first-order valence-corrected chi connectivity index (χ1v) is 6.26. The minimum Gasteiger partial charge on any atom is -0.497 e. The van der Waals surface area contributed by atoms with E-state index in [0.717, 1.165) is 12.8 Å². The maximum absolute atomic E-state index is 13.8. The zero-order chi connectivity index (χ0) is 13.4. The van der Waals surface area contributed by atoms with Gasteiger partial charge in [0.05, 0.1) is 18.3 Å². The molecule has 0 bridgehead atoms. The fourth-order valence-electron chi connectivity index (χ4n) is 2.21. The van der Waals surface area contributed by atoms with Gasteiger partial charge in [-0.25, -0.2) is 4.39 Å². The van der Waals surface area contributed by atoms with Crippen molar-refractivity contribution in [2.75, 3.05) is 19.0 Å². The lowest BCUT2D eigenvalue weighted by Crippen LogP contribution is -2.49. The highest BCUT2D eigenvalue weighted by atomic mass is 19.1. The van der Waals surface area contributed by atoms with E-state index in [2.05, 4.69) is 19.2 Å². The molecule has 18 heavy (non-hydrogen) atoms. The van der Waals surface area contributed by atoms with Crippen molar-refractivity contribution in [3.63, 3.8) is 0 Å². The molecule has 1 fully saturated rings. The van der Waals surface area contributed by atoms with Gasteiger partial charge in [-0.3, -0.25) is 0 Å². The number of nitrogens with one attached hydrogen (secondary N) is 1. The van der Waals surface area contributed by atoms with Crippen LogP contribution in [0, 0.1) is 11.2 Å². The van der Waals surface area contributed by atoms with E-state index in [0.29, 0.717) is 18.0 Å². The Morgan fingerprint density at radius 3 is 2.67 bits per heavy atom. The van der Waals surface area contributed by atoms with Gasteiger partial charge < -0.3 is 15.8 Å². The molecule has 0 radical (unpaired) electrons. The SMILES string of the molecule is COc1ccc(F)c(NC(C)(CN)C2(C)CC2)c1. The Morgan fingerprint density at radius 1 is 1.50 bits per heavy atom. The van der Waals surface area contributed by atoms with Crippen LogP contribution in [0.4, 0.5) is 10.1 Å². The van der Waals surface area contributed by atoms with Crippen LogP contribution in [-0.2, 0) is 0 Å². The van der Waals surface area contributed by atoms with E-state index in [9.17, 15) is 4.39 Å². The van der Waals surface area contributed by atoms with Crippen LogP contribution >= 0.6 is 0 Å². The van der Waals surface area contributed by atoms with Crippen molar-refractivity contribution in [2.24, 2.45) is 11.1 Å². The molecular formula is C14H21FN2O. The van der Waals surface area contributed by atoms with Crippen molar-refractivity contribution in [3.8, 4) is 5.75 Å². The first kappa shape index (κ1) is 13.1. The molecule has 1 unspecified atom stereocenters. The molecule has 1 aromatic rings. The van der Waals surface area contributed by atoms with Crippen molar-refractivity contribution in [2.45, 2.75) is 32.2 Å². The smallest absolute Gasteiger partial charge is 0.146 e. The van der Waals surface area contributed by atoms with Crippen LogP contribution in [0.5, 0.6) is 5.75 Å². The van der Waals surface area contributed by atoms with E-state index in [1.807, 2.05) is 0 Å². The van der Waals surface area contributed by atoms with E-state index in [1.54, 1.807) is 19.2 Å². The molecule has 1 atom stereocenters. The highest BCUT2D eigenvalue weighted by Crippen LogP contribution is 2.54. The molecule has 1 aliphatic carbocycles. The largest absolute Gasteiger partial charge is 0.497 e. The standard InChI is InChI=1S/C14H21FN2O/c1-13(6-7-13)14(2,9-16)17-12-8-10(18-3)4-5-11(12)15/h4-5,8,17H,6-7,9,16H2,1-3H3. The number of hydrogen-bond donors (Lipinski definition) is 2. The van der Waals surface area contributed by atoms with Gasteiger partial charge in [-0.05, 0) is 37.3 Å². The third-order valence-electron chi connectivity index (χ3n) is 4.32. The monoisotopic (exact) mass is 252 g/mol. The van der Waals surface area contributed by atoms with Crippen LogP contribution in [0.1, 0.15) is 26.7 Å². The quantitative estimate of drug-likeness (QED) is 0.847. The number of methoxy groups -OCH3 is 1. The van der Waals surface area contributed by atoms with Gasteiger partial charge in [0.1, 0.15) is 11.6 Å². The van der Waals surface area contributed by atoms with Crippen molar-refractivity contribution in [3.05, 3.63) is 24.0 Å². The van der Waals surface area contributed by atoms with E-state index in [-0.39, 0.29) is 16.8 Å². The summed E-state index contributed by atoms with van der Waals surface area (Å²) in [5.74, 6) is 0.360. The lowest BCUT2D eigenvalue weighted by atomic mass is 9.83. The number of benzene rings is 1. The molecule has 3 nitrogen and oxygen atoms in total. The summed E-state index contributed by atoms with van der Waals surface area (Å²) in [5.41, 5.74) is 6.20. The lowest BCUT2D eigenvalue weighted by Gasteiger charge is -2.37. The molecule has 0 saturated heterocycles. The van der Waals surface area contributed by atoms with Gasteiger partial charge >= 0.3 is 0 Å². The number of rotatable bonds is 5. The molecular weight excluding hydrogens is 231 g/mol. The normalized spacial score (nSPS) is 20.1. The van der Waals surface area contributed by atoms with Gasteiger partial charge in [0, 0.05) is 12.6 Å². The number of ether oxygens (including phenoxy) is 1. The van der Waals surface area contributed by atoms with Gasteiger partial charge in [-0.1, -0.05) is 6.92 Å². The molecule has 0 amide bonds. The Kier molecular flexibility index (Phi) is 3.23. The summed E-state index contributed by atoms with van der Waals surface area (Å²) in [7, 11) is 1.57. The van der Waals surface area contributed by atoms with Gasteiger partial charge in [0.25, 0.3) is 0 Å². The second-order valence-electron chi connectivity index (χ2n) is 5.57. The van der Waals surface area contributed by atoms with E-state index in [4.69, 9.17) is 10.5 Å². The minimum absolute atomic E-state index is 0.150. The topological polar surface area (TPSA) is 47.3 Å². The predicted octanol–water partition coefficient (Wildman–Crippen LogP) is 2.76. The average molecular weight is 252 g/mol. The third-order valence-corrected chi connectivity index (χ3v) is 4.32. The highest BCUT2D eigenvalue weighted by Gasteiger charge is 2.52. The number of nitrogens with two attached hydrogens (primary N) is 1. The van der Waals surface area contributed by atoms with Crippen LogP contribution in [0.2, 0.25) is 0 Å². The van der Waals surface area contributed by atoms with E-state index in [1.165, 1.54) is 6.07 Å². The third kappa shape index (κ3) is 2.17. The fraction of sp³-hybridized carbons (Fsp3) is 0.571. The van der Waals surface area contributed by atoms with Gasteiger partial charge in [0.2, 0.25) is 0 Å². The summed E-state index contributed by atoms with van der Waals surface area (Å²) in [6.07, 6.45) is 2.25. The summed E-state index contributed by atoms with van der Waals surface area (Å²) in [6.45, 7) is 4.71. The van der Waals surface area contributed by atoms with E-state index < -0.39 is 0 Å². The van der Waals surface area contributed by atoms with Crippen LogP contribution in [0.15, 0.2) is 18.2 Å². The summed E-state index contributed by atoms with van der Waals surface area (Å²) in [6, 6.07) is 4.70. The molecule has 1 saturated carbocycles. The molecule has 0 aromatic heterocycles. The summed E-state index contributed by atoms with van der Waals surface area (Å²) in [5, 5.41) is 3.27. The van der Waals surface area contributed by atoms with Crippen LogP contribution in [0.3, 0.4) is 0 Å². The van der Waals surface area contributed by atoms with Crippen LogP contribution in [0.25, 0.3) is 0 Å². The molecule has 0 heterocycles. The van der Waals surface area contributed by atoms with Gasteiger partial charge in [-0.2, -0.15) is 0 Å². The second-order valence-corrected chi connectivity index (χ2v) is 5.57. The number of halogens is 1. The zero-order valence-corrected chi connectivity index (χ0v) is 11.2. The Labute approximate surface area is 108 Å². The van der Waals surface area contributed by atoms with Crippen molar-refractivity contribution >= 4 is 5.69 Å². The first-order chi connectivity index (χ1) is 8.44. The number of anilines is 1. The highest BCUT2D eigenvalue weighted by molar-refractivity contribution is 5.52. The Morgan fingerprint density at radius 2 is 2.17 bits per heavy atom. The Bertz CT molecular complexity index is 445. The molecule has 2 rings (SSSR count). The molecule has 0 spiro atoms. The predicted molar refractivity (Wildman–Crippen MR) is 71.4 cm³/mol. The molecule has 100 valence electrons. The Hall–Kier alpha value is -1.29. The van der Waals surface area contributed by atoms with Crippen molar-refractivity contribution < 1.29 is 9.13 Å². The van der Waals surface area contributed by atoms with Crippen molar-refractivity contribution in [1.29, 1.82) is 0 Å².